The average molecular weight is 273 g/mol. The summed E-state index contributed by atoms with van der Waals surface area (Å²) >= 11 is 0. The normalized spacial score (nSPS) is 14.1. The highest BCUT2D eigenvalue weighted by molar-refractivity contribution is 5.71. The summed E-state index contributed by atoms with van der Waals surface area (Å²) < 4.78 is 13.3. The van der Waals surface area contributed by atoms with Gasteiger partial charge in [-0.25, -0.2) is 0 Å². The zero-order valence-corrected chi connectivity index (χ0v) is 11.8. The van der Waals surface area contributed by atoms with Crippen LogP contribution in [0.2, 0.25) is 0 Å². The molecule has 2 N–H and O–H groups in total. The van der Waals surface area contributed by atoms with Gasteiger partial charge in [-0.15, -0.1) is 0 Å². The van der Waals surface area contributed by atoms with E-state index in [0.717, 1.165) is 41.2 Å². The smallest absolute Gasteiger partial charge is 0.165 e. The van der Waals surface area contributed by atoms with Crippen molar-refractivity contribution in [3.05, 3.63) is 23.8 Å². The third-order valence-electron chi connectivity index (χ3n) is 3.56. The van der Waals surface area contributed by atoms with Crippen LogP contribution in [-0.4, -0.2) is 23.0 Å². The first-order valence-electron chi connectivity index (χ1n) is 6.92. The summed E-state index contributed by atoms with van der Waals surface area (Å²) in [4.78, 5) is 0. The molecule has 0 atom stereocenters. The van der Waals surface area contributed by atoms with Crippen LogP contribution in [0, 0.1) is 0 Å². The van der Waals surface area contributed by atoms with Crippen LogP contribution in [0.3, 0.4) is 0 Å². The van der Waals surface area contributed by atoms with Gasteiger partial charge in [0.15, 0.2) is 11.5 Å². The van der Waals surface area contributed by atoms with E-state index in [-0.39, 0.29) is 0 Å². The number of anilines is 1. The number of aryl methyl sites for hydroxylation is 1. The van der Waals surface area contributed by atoms with Gasteiger partial charge in [0.2, 0.25) is 0 Å². The Morgan fingerprint density at radius 3 is 2.80 bits per heavy atom. The van der Waals surface area contributed by atoms with E-state index in [1.54, 1.807) is 4.68 Å². The minimum Gasteiger partial charge on any atom is -0.490 e. The quantitative estimate of drug-likeness (QED) is 0.912. The zero-order valence-electron chi connectivity index (χ0n) is 11.8. The molecule has 3 rings (SSSR count). The minimum absolute atomic E-state index is 0.647. The van der Waals surface area contributed by atoms with Gasteiger partial charge in [0.1, 0.15) is 5.82 Å². The summed E-state index contributed by atoms with van der Waals surface area (Å²) in [5.74, 6) is 2.33. The molecule has 2 aromatic rings. The summed E-state index contributed by atoms with van der Waals surface area (Å²) in [6.45, 7) is 3.50. The summed E-state index contributed by atoms with van der Waals surface area (Å²) in [6, 6.07) is 5.88. The second-order valence-electron chi connectivity index (χ2n) is 4.90. The lowest BCUT2D eigenvalue weighted by Crippen LogP contribution is -2.00. The lowest BCUT2D eigenvalue weighted by Gasteiger charge is -2.14. The molecule has 0 saturated carbocycles. The fourth-order valence-corrected chi connectivity index (χ4v) is 2.50. The number of nitrogen functional groups attached to an aromatic ring is 1. The molecule has 0 saturated heterocycles. The predicted octanol–water partition coefficient (Wildman–Crippen LogP) is 2.39. The largest absolute Gasteiger partial charge is 0.490 e. The van der Waals surface area contributed by atoms with Crippen molar-refractivity contribution in [3.8, 4) is 22.8 Å². The van der Waals surface area contributed by atoms with Crippen molar-refractivity contribution in [2.45, 2.75) is 19.8 Å². The monoisotopic (exact) mass is 273 g/mol. The van der Waals surface area contributed by atoms with Crippen molar-refractivity contribution in [1.82, 2.24) is 9.78 Å². The molecule has 0 amide bonds. The number of benzene rings is 1. The third-order valence-corrected chi connectivity index (χ3v) is 3.56. The number of aromatic nitrogens is 2. The molecule has 1 aliphatic heterocycles. The average Bonchev–Trinajstić information content (AvgIpc) is 2.67. The van der Waals surface area contributed by atoms with E-state index in [1.807, 2.05) is 25.2 Å². The van der Waals surface area contributed by atoms with Crippen LogP contribution < -0.4 is 15.2 Å². The van der Waals surface area contributed by atoms with Gasteiger partial charge in [0, 0.05) is 30.7 Å². The van der Waals surface area contributed by atoms with Crippen LogP contribution in [-0.2, 0) is 13.5 Å². The van der Waals surface area contributed by atoms with E-state index in [1.165, 1.54) is 0 Å². The van der Waals surface area contributed by atoms with E-state index in [2.05, 4.69) is 12.0 Å². The molecular weight excluding hydrogens is 254 g/mol. The topological polar surface area (TPSA) is 62.3 Å². The summed E-state index contributed by atoms with van der Waals surface area (Å²) in [5, 5.41) is 4.46. The van der Waals surface area contributed by atoms with Crippen molar-refractivity contribution in [3.63, 3.8) is 0 Å². The first-order chi connectivity index (χ1) is 9.70. The first-order valence-corrected chi connectivity index (χ1v) is 6.92. The van der Waals surface area contributed by atoms with E-state index in [0.29, 0.717) is 19.0 Å². The fraction of sp³-hybridized carbons (Fsp3) is 0.400. The highest BCUT2D eigenvalue weighted by Crippen LogP contribution is 2.39. The second-order valence-corrected chi connectivity index (χ2v) is 4.90. The van der Waals surface area contributed by atoms with Crippen LogP contribution in [0.25, 0.3) is 11.3 Å². The van der Waals surface area contributed by atoms with Crippen molar-refractivity contribution in [2.24, 2.45) is 7.05 Å². The molecule has 1 aromatic heterocycles. The van der Waals surface area contributed by atoms with Crippen LogP contribution in [0.15, 0.2) is 18.2 Å². The molecule has 5 nitrogen and oxygen atoms in total. The van der Waals surface area contributed by atoms with Crippen molar-refractivity contribution in [1.29, 1.82) is 0 Å². The second kappa shape index (κ2) is 5.07. The maximum atomic E-state index is 5.88. The lowest BCUT2D eigenvalue weighted by atomic mass is 10.0. The van der Waals surface area contributed by atoms with E-state index in [9.17, 15) is 0 Å². The molecule has 0 fully saturated rings. The van der Waals surface area contributed by atoms with Gasteiger partial charge in [-0.05, 0) is 18.6 Å². The summed E-state index contributed by atoms with van der Waals surface area (Å²) in [6.07, 6.45) is 1.77. The molecule has 1 aromatic carbocycles. The SMILES string of the molecule is CCc1c(-c2cc(N)n(C)n2)ccc2c1OCCCO2. The first kappa shape index (κ1) is 12.8. The van der Waals surface area contributed by atoms with Crippen LogP contribution in [0.1, 0.15) is 18.9 Å². The fourth-order valence-electron chi connectivity index (χ4n) is 2.50. The third kappa shape index (κ3) is 2.09. The molecule has 1 aliphatic rings. The Morgan fingerprint density at radius 1 is 1.30 bits per heavy atom. The highest BCUT2D eigenvalue weighted by atomic mass is 16.5. The number of rotatable bonds is 2. The van der Waals surface area contributed by atoms with E-state index < -0.39 is 0 Å². The van der Waals surface area contributed by atoms with Crippen molar-refractivity contribution < 1.29 is 9.47 Å². The lowest BCUT2D eigenvalue weighted by molar-refractivity contribution is 0.296. The molecular formula is C15H19N3O2. The van der Waals surface area contributed by atoms with Crippen molar-refractivity contribution in [2.75, 3.05) is 18.9 Å². The standard InChI is InChI=1S/C15H19N3O2/c1-3-10-11(12-9-14(16)18(2)17-12)5-6-13-15(10)20-8-4-7-19-13/h5-6,9H,3-4,7-8,16H2,1-2H3. The Labute approximate surface area is 118 Å². The molecule has 0 radical (unpaired) electrons. The minimum atomic E-state index is 0.647. The Balaban J connectivity index is 2.14. The number of fused-ring (bicyclic) bond motifs is 1. The number of nitrogens with zero attached hydrogens (tertiary/aromatic N) is 2. The number of nitrogens with two attached hydrogens (primary N) is 1. The Kier molecular flexibility index (Phi) is 3.26. The Hall–Kier alpha value is -2.17. The maximum absolute atomic E-state index is 5.88. The molecule has 5 heteroatoms. The Bertz CT molecular complexity index is 615. The molecule has 2 heterocycles. The van der Waals surface area contributed by atoms with Crippen LogP contribution in [0.5, 0.6) is 11.5 Å². The number of ether oxygens (including phenoxy) is 2. The van der Waals surface area contributed by atoms with Gasteiger partial charge < -0.3 is 15.2 Å². The van der Waals surface area contributed by atoms with Gasteiger partial charge in [0.25, 0.3) is 0 Å². The van der Waals surface area contributed by atoms with Gasteiger partial charge in [-0.1, -0.05) is 6.92 Å². The molecule has 0 bridgehead atoms. The summed E-state index contributed by atoms with van der Waals surface area (Å²) in [5.41, 5.74) is 8.94. The molecule has 0 aliphatic carbocycles. The molecule has 20 heavy (non-hydrogen) atoms. The number of hydrogen-bond acceptors (Lipinski definition) is 4. The highest BCUT2D eigenvalue weighted by Gasteiger charge is 2.19. The van der Waals surface area contributed by atoms with Crippen LogP contribution >= 0.6 is 0 Å². The molecule has 0 spiro atoms. The molecule has 106 valence electrons. The van der Waals surface area contributed by atoms with Crippen LogP contribution in [0.4, 0.5) is 5.82 Å². The van der Waals surface area contributed by atoms with E-state index >= 15 is 0 Å². The van der Waals surface area contributed by atoms with E-state index in [4.69, 9.17) is 15.2 Å². The zero-order chi connectivity index (χ0) is 14.1. The van der Waals surface area contributed by atoms with Gasteiger partial charge >= 0.3 is 0 Å². The van der Waals surface area contributed by atoms with Gasteiger partial charge in [-0.3, -0.25) is 4.68 Å². The van der Waals surface area contributed by atoms with Gasteiger partial charge in [-0.2, -0.15) is 5.10 Å². The molecule has 0 unspecified atom stereocenters. The number of hydrogen-bond donors (Lipinski definition) is 1. The predicted molar refractivity (Wildman–Crippen MR) is 78.0 cm³/mol. The summed E-state index contributed by atoms with van der Waals surface area (Å²) in [7, 11) is 1.84. The van der Waals surface area contributed by atoms with Gasteiger partial charge in [0.05, 0.1) is 18.9 Å². The maximum Gasteiger partial charge on any atom is 0.165 e. The Morgan fingerprint density at radius 2 is 2.10 bits per heavy atom. The van der Waals surface area contributed by atoms with Crippen molar-refractivity contribution >= 4 is 5.82 Å².